The molecule has 1 saturated heterocycles. The first-order valence-electron chi connectivity index (χ1n) is 12.7. The van der Waals surface area contributed by atoms with Crippen LogP contribution < -0.4 is 24.8 Å². The molecule has 1 amide bonds. The summed E-state index contributed by atoms with van der Waals surface area (Å²) in [6.07, 6.45) is 5.60. The van der Waals surface area contributed by atoms with Gasteiger partial charge in [0.15, 0.2) is 11.5 Å². The SMILES string of the molecule is COc1cc(Cc2cnc(/N=C3\C(=O)N(CN4CCCCC4)c4ccc(Br)cc43)nc2N)cc(OC)c1OC. The van der Waals surface area contributed by atoms with Crippen LogP contribution in [0.25, 0.3) is 0 Å². The molecule has 2 aliphatic rings. The number of piperidine rings is 1. The Kier molecular flexibility index (Phi) is 7.99. The van der Waals surface area contributed by atoms with Crippen LogP contribution in [0, 0.1) is 0 Å². The Morgan fingerprint density at radius 1 is 1.03 bits per heavy atom. The molecule has 0 atom stereocenters. The lowest BCUT2D eigenvalue weighted by Crippen LogP contribution is -2.43. The van der Waals surface area contributed by atoms with Gasteiger partial charge in [-0.3, -0.25) is 14.6 Å². The maximum Gasteiger partial charge on any atom is 0.278 e. The van der Waals surface area contributed by atoms with Crippen molar-refractivity contribution in [3.05, 3.63) is 57.7 Å². The van der Waals surface area contributed by atoms with Crippen LogP contribution in [0.2, 0.25) is 0 Å². The van der Waals surface area contributed by atoms with Crippen molar-refractivity contribution in [1.82, 2.24) is 14.9 Å². The Hall–Kier alpha value is -3.70. The fraction of sp³-hybridized carbons (Fsp3) is 0.357. The number of rotatable bonds is 8. The standard InChI is InChI=1S/C28H31BrN6O4/c1-37-22-12-17(13-23(38-2)25(22)39-3)11-18-15-31-28(33-26(18)30)32-24-20-14-19(29)7-8-21(20)35(27(24)36)16-34-9-5-4-6-10-34/h7-8,12-15H,4-6,9-11,16H2,1-3H3,(H2,30,31,33)/b32-24-. The second-order valence-electron chi connectivity index (χ2n) is 9.47. The number of fused-ring (bicyclic) bond motifs is 1. The van der Waals surface area contributed by atoms with Gasteiger partial charge in [0.25, 0.3) is 11.9 Å². The van der Waals surface area contributed by atoms with Gasteiger partial charge in [-0.1, -0.05) is 22.4 Å². The van der Waals surface area contributed by atoms with E-state index in [4.69, 9.17) is 19.9 Å². The number of nitrogens with two attached hydrogens (primary N) is 1. The minimum absolute atomic E-state index is 0.134. The van der Waals surface area contributed by atoms with E-state index in [9.17, 15) is 4.79 Å². The molecule has 0 spiro atoms. The second-order valence-corrected chi connectivity index (χ2v) is 10.4. The summed E-state index contributed by atoms with van der Waals surface area (Å²) in [5.74, 6) is 1.86. The molecule has 5 rings (SSSR count). The van der Waals surface area contributed by atoms with E-state index in [2.05, 4.69) is 35.8 Å². The summed E-state index contributed by atoms with van der Waals surface area (Å²) in [7, 11) is 4.70. The normalized spacial score (nSPS) is 16.5. The van der Waals surface area contributed by atoms with Crippen molar-refractivity contribution in [2.24, 2.45) is 4.99 Å². The molecule has 3 heterocycles. The summed E-state index contributed by atoms with van der Waals surface area (Å²) in [6, 6.07) is 9.50. The average molecular weight is 595 g/mol. The molecule has 1 aromatic heterocycles. The van der Waals surface area contributed by atoms with E-state index in [1.54, 1.807) is 32.4 Å². The Morgan fingerprint density at radius 3 is 2.38 bits per heavy atom. The third-order valence-corrected chi connectivity index (χ3v) is 7.45. The molecule has 10 nitrogen and oxygen atoms in total. The smallest absolute Gasteiger partial charge is 0.278 e. The predicted molar refractivity (Wildman–Crippen MR) is 153 cm³/mol. The zero-order valence-corrected chi connectivity index (χ0v) is 23.8. The molecule has 3 aromatic rings. The number of carbonyl (C=O) groups excluding carboxylic acids is 1. The zero-order valence-electron chi connectivity index (χ0n) is 22.2. The van der Waals surface area contributed by atoms with Gasteiger partial charge in [-0.25, -0.2) is 9.98 Å². The molecule has 2 aliphatic heterocycles. The van der Waals surface area contributed by atoms with E-state index in [-0.39, 0.29) is 17.7 Å². The first kappa shape index (κ1) is 26.9. The molecule has 0 aliphatic carbocycles. The quantitative estimate of drug-likeness (QED) is 0.409. The fourth-order valence-corrected chi connectivity index (χ4v) is 5.35. The summed E-state index contributed by atoms with van der Waals surface area (Å²) < 4.78 is 17.2. The van der Waals surface area contributed by atoms with Crippen molar-refractivity contribution in [3.8, 4) is 17.2 Å². The number of hydrogen-bond acceptors (Lipinski definition) is 9. The van der Waals surface area contributed by atoms with Crippen molar-refractivity contribution in [3.63, 3.8) is 0 Å². The fourth-order valence-electron chi connectivity index (χ4n) is 4.99. The maximum atomic E-state index is 13.6. The van der Waals surface area contributed by atoms with E-state index < -0.39 is 0 Å². The van der Waals surface area contributed by atoms with Gasteiger partial charge in [0.2, 0.25) is 5.75 Å². The number of halogens is 1. The molecule has 1 fully saturated rings. The van der Waals surface area contributed by atoms with Crippen LogP contribution in [0.15, 0.2) is 46.0 Å². The van der Waals surface area contributed by atoms with E-state index in [0.717, 1.165) is 47.2 Å². The number of nitrogens with zero attached hydrogens (tertiary/aromatic N) is 5. The lowest BCUT2D eigenvalue weighted by Gasteiger charge is -2.30. The number of amides is 1. The Balaban J connectivity index is 1.42. The summed E-state index contributed by atoms with van der Waals surface area (Å²) in [5, 5.41) is 0. The van der Waals surface area contributed by atoms with Gasteiger partial charge in [-0.2, -0.15) is 4.98 Å². The van der Waals surface area contributed by atoms with Crippen molar-refractivity contribution in [2.45, 2.75) is 25.7 Å². The third kappa shape index (κ3) is 5.55. The highest BCUT2D eigenvalue weighted by atomic mass is 79.9. The van der Waals surface area contributed by atoms with Gasteiger partial charge in [-0.15, -0.1) is 0 Å². The number of hydrogen-bond donors (Lipinski definition) is 1. The van der Waals surface area contributed by atoms with Gasteiger partial charge in [-0.05, 0) is 61.8 Å². The van der Waals surface area contributed by atoms with Crippen LogP contribution in [-0.4, -0.2) is 67.6 Å². The van der Waals surface area contributed by atoms with Crippen LogP contribution in [-0.2, 0) is 11.2 Å². The van der Waals surface area contributed by atoms with E-state index >= 15 is 0 Å². The van der Waals surface area contributed by atoms with Crippen molar-refractivity contribution in [1.29, 1.82) is 0 Å². The van der Waals surface area contributed by atoms with Gasteiger partial charge in [0.05, 0.1) is 33.7 Å². The van der Waals surface area contributed by atoms with Crippen LogP contribution in [0.4, 0.5) is 17.5 Å². The number of ether oxygens (including phenoxy) is 3. The number of benzene rings is 2. The number of methoxy groups -OCH3 is 3. The highest BCUT2D eigenvalue weighted by Gasteiger charge is 2.35. The molecule has 204 valence electrons. The van der Waals surface area contributed by atoms with Gasteiger partial charge in [0, 0.05) is 28.2 Å². The van der Waals surface area contributed by atoms with Crippen LogP contribution in [0.5, 0.6) is 17.2 Å². The number of likely N-dealkylation sites (tertiary alicyclic amines) is 1. The topological polar surface area (TPSA) is 115 Å². The number of nitrogen functional groups attached to an aromatic ring is 1. The number of carbonyl (C=O) groups is 1. The number of aromatic nitrogens is 2. The highest BCUT2D eigenvalue weighted by Crippen LogP contribution is 2.39. The van der Waals surface area contributed by atoms with Crippen LogP contribution >= 0.6 is 15.9 Å². The maximum absolute atomic E-state index is 13.6. The lowest BCUT2D eigenvalue weighted by atomic mass is 10.1. The first-order chi connectivity index (χ1) is 18.9. The molecule has 0 bridgehead atoms. The third-order valence-electron chi connectivity index (χ3n) is 6.96. The molecular formula is C28H31BrN6O4. The molecule has 0 unspecified atom stereocenters. The molecule has 2 aromatic carbocycles. The van der Waals surface area contributed by atoms with E-state index in [0.29, 0.717) is 41.6 Å². The van der Waals surface area contributed by atoms with Crippen molar-refractivity contribution >= 4 is 45.0 Å². The highest BCUT2D eigenvalue weighted by molar-refractivity contribution is 9.10. The number of anilines is 2. The molecule has 2 N–H and O–H groups in total. The monoisotopic (exact) mass is 594 g/mol. The minimum Gasteiger partial charge on any atom is -0.493 e. The zero-order chi connectivity index (χ0) is 27.5. The second kappa shape index (κ2) is 11.6. The Labute approximate surface area is 235 Å². The summed E-state index contributed by atoms with van der Waals surface area (Å²) in [4.78, 5) is 31.1. The average Bonchev–Trinajstić information content (AvgIpc) is 3.19. The molecular weight excluding hydrogens is 564 g/mol. The van der Waals surface area contributed by atoms with Crippen molar-refractivity contribution < 1.29 is 19.0 Å². The summed E-state index contributed by atoms with van der Waals surface area (Å²) in [5.41, 5.74) is 9.81. The lowest BCUT2D eigenvalue weighted by molar-refractivity contribution is -0.112. The van der Waals surface area contributed by atoms with Gasteiger partial charge >= 0.3 is 0 Å². The largest absolute Gasteiger partial charge is 0.493 e. The van der Waals surface area contributed by atoms with Crippen molar-refractivity contribution in [2.75, 3.05) is 51.7 Å². The molecule has 39 heavy (non-hydrogen) atoms. The van der Waals surface area contributed by atoms with E-state index in [1.807, 2.05) is 30.3 Å². The summed E-state index contributed by atoms with van der Waals surface area (Å²) >= 11 is 3.53. The predicted octanol–water partition coefficient (Wildman–Crippen LogP) is 4.35. The Bertz CT molecular complexity index is 1400. The molecule has 11 heteroatoms. The summed E-state index contributed by atoms with van der Waals surface area (Å²) in [6.45, 7) is 2.49. The van der Waals surface area contributed by atoms with E-state index in [1.165, 1.54) is 6.42 Å². The Morgan fingerprint density at radius 2 is 1.74 bits per heavy atom. The van der Waals surface area contributed by atoms with Gasteiger partial charge in [0.1, 0.15) is 11.5 Å². The van der Waals surface area contributed by atoms with Crippen LogP contribution in [0.1, 0.15) is 36.0 Å². The van der Waals surface area contributed by atoms with Gasteiger partial charge < -0.3 is 19.9 Å². The first-order valence-corrected chi connectivity index (χ1v) is 13.5. The number of aliphatic imine (C=N–C) groups is 1. The van der Waals surface area contributed by atoms with Crippen LogP contribution in [0.3, 0.4) is 0 Å². The molecule has 0 saturated carbocycles. The molecule has 0 radical (unpaired) electrons. The minimum atomic E-state index is -0.169.